The van der Waals surface area contributed by atoms with Gasteiger partial charge in [0.05, 0.1) is 5.56 Å². The second-order valence-corrected chi connectivity index (χ2v) is 7.39. The third-order valence-electron chi connectivity index (χ3n) is 4.02. The van der Waals surface area contributed by atoms with Gasteiger partial charge in [0.1, 0.15) is 23.4 Å². The summed E-state index contributed by atoms with van der Waals surface area (Å²) in [7, 11) is 1.39. The molecule has 0 aliphatic carbocycles. The second kappa shape index (κ2) is 10.7. The number of benzene rings is 2. The lowest BCUT2D eigenvalue weighted by atomic mass is 10.0. The molecular weight excluding hydrogens is 430 g/mol. The van der Waals surface area contributed by atoms with Gasteiger partial charge in [-0.05, 0) is 29.8 Å². The summed E-state index contributed by atoms with van der Waals surface area (Å²) in [6.45, 7) is 2.40. The molecule has 2 aromatic carbocycles. The van der Waals surface area contributed by atoms with Gasteiger partial charge in [-0.15, -0.1) is 0 Å². The minimum absolute atomic E-state index is 0.0418. The Hall–Kier alpha value is -3.27. The number of thioether (sulfide) groups is 1. The van der Waals surface area contributed by atoms with E-state index < -0.39 is 40.6 Å². The van der Waals surface area contributed by atoms with E-state index in [0.29, 0.717) is 17.8 Å². The van der Waals surface area contributed by atoms with Crippen LogP contribution in [0.2, 0.25) is 0 Å². The zero-order chi connectivity index (χ0) is 23.1. The lowest BCUT2D eigenvalue weighted by Gasteiger charge is -2.16. The lowest BCUT2D eigenvalue weighted by Crippen LogP contribution is -2.46. The third kappa shape index (κ3) is 6.61. The van der Waals surface area contributed by atoms with Crippen molar-refractivity contribution < 1.29 is 32.7 Å². The third-order valence-corrected chi connectivity index (χ3v) is 5.00. The molecule has 0 fully saturated rings. The molecule has 0 saturated heterocycles. The molecule has 1 unspecified atom stereocenters. The van der Waals surface area contributed by atoms with Crippen LogP contribution in [0.4, 0.5) is 8.78 Å². The number of rotatable bonds is 7. The topological polar surface area (TPSA) is 102 Å². The fraction of sp³-hybridized carbons (Fsp3) is 0.238. The van der Waals surface area contributed by atoms with E-state index in [1.165, 1.54) is 38.2 Å². The van der Waals surface area contributed by atoms with Gasteiger partial charge < -0.3 is 15.4 Å². The molecule has 2 rings (SSSR count). The van der Waals surface area contributed by atoms with Crippen LogP contribution in [0.1, 0.15) is 24.2 Å². The molecule has 2 N–H and O–H groups in total. The van der Waals surface area contributed by atoms with Gasteiger partial charge >= 0.3 is 5.97 Å². The molecule has 0 spiro atoms. The Balaban J connectivity index is 2.36. The average Bonchev–Trinajstić information content (AvgIpc) is 2.70. The maximum absolute atomic E-state index is 14.2. The average molecular weight is 450 g/mol. The zero-order valence-electron chi connectivity index (χ0n) is 17.0. The van der Waals surface area contributed by atoms with Crippen LogP contribution in [0.5, 0.6) is 5.75 Å². The minimum atomic E-state index is -0.966. The summed E-state index contributed by atoms with van der Waals surface area (Å²) in [6.07, 6.45) is 0. The largest absolute Gasteiger partial charge is 0.426 e. The SMILES string of the molecule is CNC(=O)C(CSC(=O)c1cc(-c2ccc(F)cc2F)ccc1OC(C)=O)NC(C)=O. The quantitative estimate of drug-likeness (QED) is 0.497. The van der Waals surface area contributed by atoms with E-state index in [2.05, 4.69) is 10.6 Å². The highest BCUT2D eigenvalue weighted by molar-refractivity contribution is 8.14. The fourth-order valence-electron chi connectivity index (χ4n) is 2.66. The molecule has 7 nitrogen and oxygen atoms in total. The summed E-state index contributed by atoms with van der Waals surface area (Å²) >= 11 is 0.716. The van der Waals surface area contributed by atoms with Crippen molar-refractivity contribution in [1.82, 2.24) is 10.6 Å². The predicted molar refractivity (Wildman–Crippen MR) is 112 cm³/mol. The van der Waals surface area contributed by atoms with Crippen molar-refractivity contribution in [1.29, 1.82) is 0 Å². The molecule has 2 amide bonds. The van der Waals surface area contributed by atoms with Crippen LogP contribution in [0.3, 0.4) is 0 Å². The number of ether oxygens (including phenoxy) is 1. The van der Waals surface area contributed by atoms with Crippen LogP contribution in [-0.4, -0.2) is 41.7 Å². The fourth-order valence-corrected chi connectivity index (χ4v) is 3.53. The van der Waals surface area contributed by atoms with E-state index in [0.717, 1.165) is 13.0 Å². The van der Waals surface area contributed by atoms with Crippen molar-refractivity contribution in [2.75, 3.05) is 12.8 Å². The van der Waals surface area contributed by atoms with E-state index in [9.17, 15) is 28.0 Å². The number of esters is 1. The van der Waals surface area contributed by atoms with E-state index in [1.807, 2.05) is 0 Å². The van der Waals surface area contributed by atoms with Gasteiger partial charge in [0.2, 0.25) is 16.9 Å². The van der Waals surface area contributed by atoms with Gasteiger partial charge in [-0.3, -0.25) is 19.2 Å². The van der Waals surface area contributed by atoms with Gasteiger partial charge in [-0.25, -0.2) is 8.78 Å². The van der Waals surface area contributed by atoms with Crippen molar-refractivity contribution >= 4 is 34.7 Å². The summed E-state index contributed by atoms with van der Waals surface area (Å²) in [6, 6.07) is 6.13. The number of likely N-dealkylation sites (N-methyl/N-ethyl adjacent to an activating group) is 1. The Morgan fingerprint density at radius 2 is 1.77 bits per heavy atom. The van der Waals surface area contributed by atoms with Gasteiger partial charge in [0, 0.05) is 38.3 Å². The number of carbonyl (C=O) groups is 4. The standard InChI is InChI=1S/C21H20F2N2O5S/c1-11(26)25-18(20(28)24-3)10-31-21(29)16-8-13(4-7-19(16)30-12(2)27)15-6-5-14(22)9-17(15)23/h4-9,18H,10H2,1-3H3,(H,24,28)(H,25,26). The van der Waals surface area contributed by atoms with E-state index >= 15 is 0 Å². The highest BCUT2D eigenvalue weighted by Gasteiger charge is 2.23. The molecule has 0 bridgehead atoms. The van der Waals surface area contributed by atoms with Crippen molar-refractivity contribution in [3.05, 3.63) is 53.6 Å². The monoisotopic (exact) mass is 450 g/mol. The number of halogens is 2. The van der Waals surface area contributed by atoms with E-state index in [4.69, 9.17) is 4.74 Å². The number of carbonyl (C=O) groups excluding carboxylic acids is 4. The minimum Gasteiger partial charge on any atom is -0.426 e. The van der Waals surface area contributed by atoms with Crippen LogP contribution in [0.25, 0.3) is 11.1 Å². The Morgan fingerprint density at radius 1 is 1.06 bits per heavy atom. The van der Waals surface area contributed by atoms with Gasteiger partial charge in [0.15, 0.2) is 0 Å². The van der Waals surface area contributed by atoms with Crippen molar-refractivity contribution in [3.63, 3.8) is 0 Å². The molecule has 0 aromatic heterocycles. The number of hydrogen-bond donors (Lipinski definition) is 2. The van der Waals surface area contributed by atoms with Crippen molar-refractivity contribution in [2.45, 2.75) is 19.9 Å². The predicted octanol–water partition coefficient (Wildman–Crippen LogP) is 2.68. The number of hydrogen-bond acceptors (Lipinski definition) is 6. The smallest absolute Gasteiger partial charge is 0.308 e. The molecule has 0 saturated carbocycles. The zero-order valence-corrected chi connectivity index (χ0v) is 17.8. The summed E-state index contributed by atoms with van der Waals surface area (Å²) in [5, 5.41) is 4.26. The molecule has 10 heteroatoms. The Morgan fingerprint density at radius 3 is 2.35 bits per heavy atom. The summed E-state index contributed by atoms with van der Waals surface area (Å²) < 4.78 is 32.5. The first-order valence-corrected chi connectivity index (χ1v) is 10.0. The van der Waals surface area contributed by atoms with Crippen LogP contribution in [0.15, 0.2) is 36.4 Å². The first-order chi connectivity index (χ1) is 14.6. The maximum atomic E-state index is 14.2. The Bertz CT molecular complexity index is 1030. The molecule has 0 heterocycles. The first-order valence-electron chi connectivity index (χ1n) is 9.06. The Kier molecular flexibility index (Phi) is 8.26. The molecule has 0 aliphatic rings. The Labute approximate surface area is 181 Å². The first kappa shape index (κ1) is 24.0. The molecule has 0 aliphatic heterocycles. The molecular formula is C21H20F2N2O5S. The summed E-state index contributed by atoms with van der Waals surface area (Å²) in [5.74, 6) is -3.31. The number of amides is 2. The molecule has 31 heavy (non-hydrogen) atoms. The maximum Gasteiger partial charge on any atom is 0.308 e. The van der Waals surface area contributed by atoms with Crippen LogP contribution >= 0.6 is 11.8 Å². The van der Waals surface area contributed by atoms with Crippen LogP contribution < -0.4 is 15.4 Å². The lowest BCUT2D eigenvalue weighted by molar-refractivity contribution is -0.132. The van der Waals surface area contributed by atoms with Gasteiger partial charge in [-0.2, -0.15) is 0 Å². The van der Waals surface area contributed by atoms with Crippen molar-refractivity contribution in [3.8, 4) is 16.9 Å². The number of nitrogens with one attached hydrogen (secondary N) is 2. The highest BCUT2D eigenvalue weighted by atomic mass is 32.2. The van der Waals surface area contributed by atoms with Crippen LogP contribution in [-0.2, 0) is 14.4 Å². The second-order valence-electron chi connectivity index (χ2n) is 6.39. The van der Waals surface area contributed by atoms with E-state index in [-0.39, 0.29) is 28.2 Å². The van der Waals surface area contributed by atoms with Gasteiger partial charge in [-0.1, -0.05) is 17.8 Å². The van der Waals surface area contributed by atoms with Crippen LogP contribution in [0, 0.1) is 11.6 Å². The summed E-state index contributed by atoms with van der Waals surface area (Å²) in [5.41, 5.74) is 0.276. The normalized spacial score (nSPS) is 11.4. The molecule has 1 atom stereocenters. The molecule has 0 radical (unpaired) electrons. The van der Waals surface area contributed by atoms with E-state index in [1.54, 1.807) is 0 Å². The summed E-state index contributed by atoms with van der Waals surface area (Å²) in [4.78, 5) is 47.5. The van der Waals surface area contributed by atoms with Crippen molar-refractivity contribution in [2.24, 2.45) is 0 Å². The molecule has 164 valence electrons. The highest BCUT2D eigenvalue weighted by Crippen LogP contribution is 2.31. The van der Waals surface area contributed by atoms with Gasteiger partial charge in [0.25, 0.3) is 0 Å². The molecule has 2 aromatic rings.